The van der Waals surface area contributed by atoms with Crippen LogP contribution in [0.25, 0.3) is 22.0 Å². The fourth-order valence-corrected chi connectivity index (χ4v) is 3.76. The lowest BCUT2D eigenvalue weighted by Crippen LogP contribution is -2.36. The van der Waals surface area contributed by atoms with Crippen LogP contribution in [0.1, 0.15) is 0 Å². The van der Waals surface area contributed by atoms with Gasteiger partial charge in [0.2, 0.25) is 5.95 Å². The predicted molar refractivity (Wildman–Crippen MR) is 121 cm³/mol. The summed E-state index contributed by atoms with van der Waals surface area (Å²) in [5.41, 5.74) is 3.75. The number of pyridine rings is 1. The van der Waals surface area contributed by atoms with Gasteiger partial charge in [0.1, 0.15) is 5.82 Å². The maximum Gasteiger partial charge on any atom is 0.227 e. The Morgan fingerprint density at radius 3 is 2.60 bits per heavy atom. The van der Waals surface area contributed by atoms with E-state index in [1.54, 1.807) is 6.20 Å². The number of ether oxygens (including phenoxy) is 1. The lowest BCUT2D eigenvalue weighted by molar-refractivity contribution is 0.122. The maximum atomic E-state index is 6.19. The van der Waals surface area contributed by atoms with Gasteiger partial charge in [-0.2, -0.15) is 0 Å². The van der Waals surface area contributed by atoms with Crippen molar-refractivity contribution in [3.8, 4) is 11.1 Å². The van der Waals surface area contributed by atoms with Crippen LogP contribution < -0.4 is 10.2 Å². The molecule has 0 radical (unpaired) electrons. The summed E-state index contributed by atoms with van der Waals surface area (Å²) in [6.45, 7) is 3.20. The molecule has 4 aromatic rings. The number of para-hydroxylation sites is 1. The minimum atomic E-state index is 0.526. The number of nitrogens with zero attached hydrogens (tertiary/aromatic N) is 4. The minimum absolute atomic E-state index is 0.526. The van der Waals surface area contributed by atoms with Crippen molar-refractivity contribution in [1.82, 2.24) is 15.0 Å². The first kappa shape index (κ1) is 18.8. The molecule has 3 heterocycles. The van der Waals surface area contributed by atoms with Crippen molar-refractivity contribution in [2.24, 2.45) is 0 Å². The molecule has 0 spiro atoms. The zero-order valence-electron chi connectivity index (χ0n) is 16.3. The largest absolute Gasteiger partial charge is 0.378 e. The number of morpholine rings is 1. The summed E-state index contributed by atoms with van der Waals surface area (Å²) in [5, 5.41) is 4.93. The van der Waals surface area contributed by atoms with Gasteiger partial charge in [0.15, 0.2) is 0 Å². The Kier molecular flexibility index (Phi) is 5.17. The molecule has 1 fully saturated rings. The molecule has 0 bridgehead atoms. The monoisotopic (exact) mass is 417 g/mol. The van der Waals surface area contributed by atoms with Gasteiger partial charge in [-0.15, -0.1) is 0 Å². The van der Waals surface area contributed by atoms with Gasteiger partial charge in [-0.25, -0.2) is 15.0 Å². The van der Waals surface area contributed by atoms with E-state index < -0.39 is 0 Å². The molecule has 2 aromatic carbocycles. The molecule has 6 nitrogen and oxygen atoms in total. The number of hydrogen-bond donors (Lipinski definition) is 1. The molecule has 1 aliphatic rings. The Hall–Kier alpha value is -3.22. The van der Waals surface area contributed by atoms with E-state index in [4.69, 9.17) is 21.3 Å². The predicted octanol–water partition coefficient (Wildman–Crippen LogP) is 4.93. The summed E-state index contributed by atoms with van der Waals surface area (Å²) >= 11 is 6.19. The van der Waals surface area contributed by atoms with Crippen LogP contribution in [0.5, 0.6) is 0 Å². The van der Waals surface area contributed by atoms with E-state index in [0.29, 0.717) is 11.0 Å². The number of anilines is 3. The summed E-state index contributed by atoms with van der Waals surface area (Å²) in [6, 6.07) is 17.8. The van der Waals surface area contributed by atoms with Gasteiger partial charge in [-0.05, 0) is 29.8 Å². The Morgan fingerprint density at radius 2 is 1.80 bits per heavy atom. The molecule has 0 aliphatic carbocycles. The number of hydrogen-bond acceptors (Lipinski definition) is 6. The first-order chi connectivity index (χ1) is 14.8. The second-order valence-corrected chi connectivity index (χ2v) is 7.51. The van der Waals surface area contributed by atoms with E-state index in [1.807, 2.05) is 60.8 Å². The number of halogens is 1. The van der Waals surface area contributed by atoms with E-state index in [-0.39, 0.29) is 0 Å². The highest BCUT2D eigenvalue weighted by molar-refractivity contribution is 6.30. The first-order valence-corrected chi connectivity index (χ1v) is 10.2. The molecule has 0 atom stereocenters. The number of aromatic nitrogens is 3. The van der Waals surface area contributed by atoms with Crippen molar-refractivity contribution in [3.63, 3.8) is 0 Å². The Morgan fingerprint density at radius 1 is 0.933 bits per heavy atom. The van der Waals surface area contributed by atoms with Crippen LogP contribution in [0, 0.1) is 0 Å². The molecular formula is C23H20ClN5O. The van der Waals surface area contributed by atoms with Gasteiger partial charge in [0, 0.05) is 35.3 Å². The standard InChI is InChI=1S/C23H20ClN5O/c24-18-5-1-3-16(13-18)20-6-2-4-17-14-26-23(28-22(17)20)27-19-7-8-21(25-15-19)29-9-11-30-12-10-29/h1-8,13-15H,9-12H2,(H,26,27,28). The summed E-state index contributed by atoms with van der Waals surface area (Å²) in [5.74, 6) is 1.48. The molecule has 30 heavy (non-hydrogen) atoms. The molecule has 150 valence electrons. The Balaban J connectivity index is 1.43. The van der Waals surface area contributed by atoms with Crippen molar-refractivity contribution in [2.45, 2.75) is 0 Å². The second kappa shape index (κ2) is 8.26. The van der Waals surface area contributed by atoms with Gasteiger partial charge >= 0.3 is 0 Å². The van der Waals surface area contributed by atoms with Crippen molar-refractivity contribution in [2.75, 3.05) is 36.5 Å². The normalized spacial score (nSPS) is 14.1. The highest BCUT2D eigenvalue weighted by Crippen LogP contribution is 2.29. The maximum absolute atomic E-state index is 6.19. The Bertz CT molecular complexity index is 1180. The van der Waals surface area contributed by atoms with E-state index >= 15 is 0 Å². The fourth-order valence-electron chi connectivity index (χ4n) is 3.57. The van der Waals surface area contributed by atoms with Crippen LogP contribution in [0.15, 0.2) is 67.0 Å². The highest BCUT2D eigenvalue weighted by Gasteiger charge is 2.12. The molecule has 0 amide bonds. The average Bonchev–Trinajstić information content (AvgIpc) is 2.80. The SMILES string of the molecule is Clc1cccc(-c2cccc3cnc(Nc4ccc(N5CCOCC5)nc4)nc23)c1. The minimum Gasteiger partial charge on any atom is -0.378 e. The van der Waals surface area contributed by atoms with E-state index in [0.717, 1.165) is 59.8 Å². The van der Waals surface area contributed by atoms with Crippen LogP contribution in [0.4, 0.5) is 17.5 Å². The van der Waals surface area contributed by atoms with Gasteiger partial charge in [-0.1, -0.05) is 41.9 Å². The van der Waals surface area contributed by atoms with E-state index in [2.05, 4.69) is 20.2 Å². The van der Waals surface area contributed by atoms with Gasteiger partial charge in [0.25, 0.3) is 0 Å². The first-order valence-electron chi connectivity index (χ1n) is 9.84. The molecule has 0 unspecified atom stereocenters. The van der Waals surface area contributed by atoms with Crippen molar-refractivity contribution in [3.05, 3.63) is 72.0 Å². The highest BCUT2D eigenvalue weighted by atomic mass is 35.5. The molecule has 1 N–H and O–H groups in total. The van der Waals surface area contributed by atoms with Crippen molar-refractivity contribution in [1.29, 1.82) is 0 Å². The Labute approximate surface area is 179 Å². The quantitative estimate of drug-likeness (QED) is 0.508. The van der Waals surface area contributed by atoms with Crippen molar-refractivity contribution < 1.29 is 4.74 Å². The smallest absolute Gasteiger partial charge is 0.227 e. The van der Waals surface area contributed by atoms with Crippen LogP contribution in [-0.4, -0.2) is 41.3 Å². The molecule has 1 aliphatic heterocycles. The zero-order chi connectivity index (χ0) is 20.3. The summed E-state index contributed by atoms with van der Waals surface area (Å²) in [4.78, 5) is 16.0. The molecule has 5 rings (SSSR count). The molecule has 1 saturated heterocycles. The van der Waals surface area contributed by atoms with Gasteiger partial charge in [-0.3, -0.25) is 0 Å². The van der Waals surface area contributed by atoms with Gasteiger partial charge < -0.3 is 15.0 Å². The van der Waals surface area contributed by atoms with Gasteiger partial charge in [0.05, 0.1) is 30.6 Å². The molecule has 7 heteroatoms. The number of rotatable bonds is 4. The van der Waals surface area contributed by atoms with Crippen LogP contribution in [0.2, 0.25) is 5.02 Å². The summed E-state index contributed by atoms with van der Waals surface area (Å²) in [6.07, 6.45) is 3.63. The van der Waals surface area contributed by atoms with Crippen LogP contribution >= 0.6 is 11.6 Å². The third kappa shape index (κ3) is 3.92. The molecular weight excluding hydrogens is 398 g/mol. The third-order valence-corrected chi connectivity index (χ3v) is 5.32. The lowest BCUT2D eigenvalue weighted by Gasteiger charge is -2.27. The van der Waals surface area contributed by atoms with E-state index in [9.17, 15) is 0 Å². The zero-order valence-corrected chi connectivity index (χ0v) is 17.0. The number of fused-ring (bicyclic) bond motifs is 1. The molecule has 0 saturated carbocycles. The van der Waals surface area contributed by atoms with E-state index in [1.165, 1.54) is 0 Å². The van der Waals surface area contributed by atoms with Crippen LogP contribution in [-0.2, 0) is 4.74 Å². The fraction of sp³-hybridized carbons (Fsp3) is 0.174. The number of nitrogens with one attached hydrogen (secondary N) is 1. The second-order valence-electron chi connectivity index (χ2n) is 7.08. The average molecular weight is 418 g/mol. The number of benzene rings is 2. The summed E-state index contributed by atoms with van der Waals surface area (Å²) < 4.78 is 5.40. The molecule has 2 aromatic heterocycles. The van der Waals surface area contributed by atoms with Crippen molar-refractivity contribution >= 4 is 40.0 Å². The summed E-state index contributed by atoms with van der Waals surface area (Å²) in [7, 11) is 0. The lowest BCUT2D eigenvalue weighted by atomic mass is 10.0. The van der Waals surface area contributed by atoms with Crippen LogP contribution in [0.3, 0.4) is 0 Å². The topological polar surface area (TPSA) is 63.2 Å². The third-order valence-electron chi connectivity index (χ3n) is 5.09.